The van der Waals surface area contributed by atoms with Gasteiger partial charge < -0.3 is 15.4 Å². The van der Waals surface area contributed by atoms with E-state index in [1.54, 1.807) is 13.3 Å². The number of pyridine rings is 1. The summed E-state index contributed by atoms with van der Waals surface area (Å²) in [4.78, 5) is 16.4. The number of carbonyl (C=O) groups is 1. The summed E-state index contributed by atoms with van der Waals surface area (Å²) >= 11 is 0. The second-order valence-electron chi connectivity index (χ2n) is 5.76. The molecule has 1 aromatic rings. The van der Waals surface area contributed by atoms with Gasteiger partial charge in [0, 0.05) is 24.2 Å². The lowest BCUT2D eigenvalue weighted by Gasteiger charge is -2.23. The number of methoxy groups -OCH3 is 1. The number of piperidine rings is 1. The lowest BCUT2D eigenvalue weighted by atomic mass is 9.92. The van der Waals surface area contributed by atoms with Gasteiger partial charge in [0.05, 0.1) is 7.11 Å². The van der Waals surface area contributed by atoms with Crippen molar-refractivity contribution in [2.45, 2.75) is 25.8 Å². The molecule has 3 rings (SSSR count). The zero-order valence-electron chi connectivity index (χ0n) is 11.8. The fourth-order valence-corrected chi connectivity index (χ4v) is 3.24. The summed E-state index contributed by atoms with van der Waals surface area (Å²) < 4.78 is 5.19. The van der Waals surface area contributed by atoms with E-state index in [-0.39, 0.29) is 17.2 Å². The van der Waals surface area contributed by atoms with E-state index in [0.717, 1.165) is 37.9 Å². The van der Waals surface area contributed by atoms with Crippen molar-refractivity contribution in [2.24, 2.45) is 11.3 Å². The maximum atomic E-state index is 12.3. The molecule has 1 spiro atoms. The molecule has 2 aliphatic rings. The van der Waals surface area contributed by atoms with Gasteiger partial charge >= 0.3 is 0 Å². The van der Waals surface area contributed by atoms with Crippen LogP contribution in [0.2, 0.25) is 0 Å². The fourth-order valence-electron chi connectivity index (χ4n) is 3.24. The number of carbonyl (C=O) groups excluding carboxylic acids is 1. The van der Waals surface area contributed by atoms with E-state index in [0.29, 0.717) is 12.4 Å². The first-order valence-corrected chi connectivity index (χ1v) is 7.21. The van der Waals surface area contributed by atoms with Gasteiger partial charge in [0.1, 0.15) is 0 Å². The van der Waals surface area contributed by atoms with Gasteiger partial charge in [0.25, 0.3) is 0 Å². The highest BCUT2D eigenvalue weighted by atomic mass is 16.5. The number of aromatic nitrogens is 1. The Morgan fingerprint density at radius 1 is 1.55 bits per heavy atom. The van der Waals surface area contributed by atoms with Gasteiger partial charge in [0.2, 0.25) is 11.8 Å². The first kappa shape index (κ1) is 13.4. The topological polar surface area (TPSA) is 63.2 Å². The summed E-state index contributed by atoms with van der Waals surface area (Å²) in [6, 6.07) is 3.79. The average molecular weight is 275 g/mol. The Morgan fingerprint density at radius 3 is 3.10 bits per heavy atom. The Labute approximate surface area is 119 Å². The second kappa shape index (κ2) is 5.40. The van der Waals surface area contributed by atoms with Crippen LogP contribution in [0.5, 0.6) is 5.88 Å². The van der Waals surface area contributed by atoms with Crippen LogP contribution in [0.1, 0.15) is 24.8 Å². The summed E-state index contributed by atoms with van der Waals surface area (Å²) in [5.74, 6) is 0.963. The van der Waals surface area contributed by atoms with E-state index in [1.807, 2.05) is 12.1 Å². The number of hydrogen-bond acceptors (Lipinski definition) is 4. The molecule has 0 radical (unpaired) electrons. The molecule has 1 atom stereocenters. The van der Waals surface area contributed by atoms with Crippen molar-refractivity contribution in [3.8, 4) is 5.88 Å². The quantitative estimate of drug-likeness (QED) is 0.863. The fraction of sp³-hybridized carbons (Fsp3) is 0.600. The van der Waals surface area contributed by atoms with Crippen LogP contribution in [0, 0.1) is 11.3 Å². The molecule has 0 bridgehead atoms. The molecule has 2 heterocycles. The Morgan fingerprint density at radius 2 is 2.35 bits per heavy atom. The van der Waals surface area contributed by atoms with Crippen molar-refractivity contribution in [1.29, 1.82) is 0 Å². The monoisotopic (exact) mass is 275 g/mol. The van der Waals surface area contributed by atoms with E-state index in [2.05, 4.69) is 15.6 Å². The van der Waals surface area contributed by atoms with Crippen molar-refractivity contribution in [3.05, 3.63) is 23.9 Å². The molecule has 1 amide bonds. The largest absolute Gasteiger partial charge is 0.481 e. The molecule has 5 heteroatoms. The Hall–Kier alpha value is -1.62. The minimum Gasteiger partial charge on any atom is -0.481 e. The highest BCUT2D eigenvalue weighted by Crippen LogP contribution is 2.58. The standard InChI is InChI=1S/C15H21N3O2/c1-20-14-11(3-2-6-17-14)10-18-13(19)12-9-15(12)4-7-16-8-5-15/h2-3,6,12,16H,4-5,7-10H2,1H3,(H,18,19). The summed E-state index contributed by atoms with van der Waals surface area (Å²) in [5.41, 5.74) is 1.21. The lowest BCUT2D eigenvalue weighted by molar-refractivity contribution is -0.123. The molecule has 1 aromatic heterocycles. The number of nitrogens with one attached hydrogen (secondary N) is 2. The van der Waals surface area contributed by atoms with Gasteiger partial charge in [0.15, 0.2) is 0 Å². The van der Waals surface area contributed by atoms with Crippen molar-refractivity contribution < 1.29 is 9.53 Å². The van der Waals surface area contributed by atoms with Crippen LogP contribution in [0.15, 0.2) is 18.3 Å². The van der Waals surface area contributed by atoms with Crippen molar-refractivity contribution in [1.82, 2.24) is 15.6 Å². The summed E-state index contributed by atoms with van der Waals surface area (Å²) in [5, 5.41) is 6.38. The highest BCUT2D eigenvalue weighted by molar-refractivity contribution is 5.82. The molecule has 0 aromatic carbocycles. The summed E-state index contributed by atoms with van der Waals surface area (Å²) in [6.07, 6.45) is 4.99. The maximum absolute atomic E-state index is 12.3. The third-order valence-electron chi connectivity index (χ3n) is 4.60. The zero-order valence-corrected chi connectivity index (χ0v) is 11.8. The van der Waals surface area contributed by atoms with Crippen LogP contribution >= 0.6 is 0 Å². The molecule has 20 heavy (non-hydrogen) atoms. The molecule has 5 nitrogen and oxygen atoms in total. The van der Waals surface area contributed by atoms with Gasteiger partial charge in [-0.25, -0.2) is 4.98 Å². The van der Waals surface area contributed by atoms with Gasteiger partial charge in [-0.2, -0.15) is 0 Å². The normalized spacial score (nSPS) is 23.4. The van der Waals surface area contributed by atoms with E-state index in [4.69, 9.17) is 4.74 Å². The smallest absolute Gasteiger partial charge is 0.223 e. The zero-order chi connectivity index (χ0) is 14.0. The first-order chi connectivity index (χ1) is 9.75. The van der Waals surface area contributed by atoms with Crippen LogP contribution < -0.4 is 15.4 Å². The summed E-state index contributed by atoms with van der Waals surface area (Å²) in [6.45, 7) is 2.57. The molecule has 1 aliphatic carbocycles. The average Bonchev–Trinajstić information content (AvgIpc) is 3.19. The minimum absolute atomic E-state index is 0.179. The molecule has 1 unspecified atom stereocenters. The number of amides is 1. The lowest BCUT2D eigenvalue weighted by Crippen LogP contribution is -2.33. The van der Waals surface area contributed by atoms with Crippen LogP contribution in [0.4, 0.5) is 0 Å². The highest BCUT2D eigenvalue weighted by Gasteiger charge is 2.57. The van der Waals surface area contributed by atoms with Crippen LogP contribution in [0.3, 0.4) is 0 Å². The Kier molecular flexibility index (Phi) is 3.61. The molecule has 1 saturated heterocycles. The predicted molar refractivity (Wildman–Crippen MR) is 75.3 cm³/mol. The number of nitrogens with zero attached hydrogens (tertiary/aromatic N) is 1. The third kappa shape index (κ3) is 2.50. The van der Waals surface area contributed by atoms with Gasteiger partial charge in [-0.1, -0.05) is 6.07 Å². The van der Waals surface area contributed by atoms with Crippen molar-refractivity contribution >= 4 is 5.91 Å². The van der Waals surface area contributed by atoms with Crippen molar-refractivity contribution in [2.75, 3.05) is 20.2 Å². The number of hydrogen-bond donors (Lipinski definition) is 2. The maximum Gasteiger partial charge on any atom is 0.223 e. The van der Waals surface area contributed by atoms with Gasteiger partial charge in [-0.3, -0.25) is 4.79 Å². The van der Waals surface area contributed by atoms with Crippen molar-refractivity contribution in [3.63, 3.8) is 0 Å². The number of rotatable bonds is 4. The molecular formula is C15H21N3O2. The van der Waals surface area contributed by atoms with E-state index in [9.17, 15) is 4.79 Å². The molecule has 2 fully saturated rings. The molecule has 1 saturated carbocycles. The minimum atomic E-state index is 0.179. The van der Waals surface area contributed by atoms with Crippen LogP contribution in [-0.4, -0.2) is 31.1 Å². The van der Waals surface area contributed by atoms with Crippen LogP contribution in [0.25, 0.3) is 0 Å². The molecule has 2 N–H and O–H groups in total. The van der Waals surface area contributed by atoms with E-state index >= 15 is 0 Å². The Balaban J connectivity index is 1.55. The Bertz CT molecular complexity index is 498. The molecular weight excluding hydrogens is 254 g/mol. The number of ether oxygens (including phenoxy) is 1. The SMILES string of the molecule is COc1ncccc1CNC(=O)C1CC12CCNCC2. The summed E-state index contributed by atoms with van der Waals surface area (Å²) in [7, 11) is 1.60. The van der Waals surface area contributed by atoms with Gasteiger partial charge in [-0.05, 0) is 43.8 Å². The van der Waals surface area contributed by atoms with Crippen LogP contribution in [-0.2, 0) is 11.3 Å². The third-order valence-corrected chi connectivity index (χ3v) is 4.60. The second-order valence-corrected chi connectivity index (χ2v) is 5.76. The van der Waals surface area contributed by atoms with E-state index < -0.39 is 0 Å². The molecule has 1 aliphatic heterocycles. The predicted octanol–water partition coefficient (Wildman–Crippen LogP) is 1.10. The first-order valence-electron chi connectivity index (χ1n) is 7.21. The van der Waals surface area contributed by atoms with E-state index in [1.165, 1.54) is 0 Å². The molecule has 108 valence electrons. The van der Waals surface area contributed by atoms with Gasteiger partial charge in [-0.15, -0.1) is 0 Å².